The van der Waals surface area contributed by atoms with Gasteiger partial charge in [-0.05, 0) is 6.92 Å². The van der Waals surface area contributed by atoms with Gasteiger partial charge in [-0.2, -0.15) is 0 Å². The summed E-state index contributed by atoms with van der Waals surface area (Å²) in [6, 6.07) is -1.33. The molecule has 20 heavy (non-hydrogen) atoms. The molecule has 1 amide bonds. The molecule has 1 aromatic rings. The zero-order valence-corrected chi connectivity index (χ0v) is 10.2. The summed E-state index contributed by atoms with van der Waals surface area (Å²) in [5.74, 6) is -14.0. The number of hydrogen-bond acceptors (Lipinski definition) is 3. The van der Waals surface area contributed by atoms with E-state index < -0.39 is 52.6 Å². The van der Waals surface area contributed by atoms with Gasteiger partial charge in [0.05, 0.1) is 7.11 Å². The van der Waals surface area contributed by atoms with Crippen LogP contribution in [-0.4, -0.2) is 25.0 Å². The Morgan fingerprint density at radius 1 is 0.950 bits per heavy atom. The minimum Gasteiger partial charge on any atom is -0.467 e. The van der Waals surface area contributed by atoms with E-state index in [4.69, 9.17) is 0 Å². The maximum absolute atomic E-state index is 13.3. The van der Waals surface area contributed by atoms with Crippen LogP contribution in [0.5, 0.6) is 0 Å². The number of hydrogen-bond donors (Lipinski definition) is 1. The molecule has 0 aromatic heterocycles. The van der Waals surface area contributed by atoms with Crippen molar-refractivity contribution in [3.05, 3.63) is 34.6 Å². The van der Waals surface area contributed by atoms with Crippen LogP contribution in [0.3, 0.4) is 0 Å². The van der Waals surface area contributed by atoms with E-state index in [0.29, 0.717) is 0 Å². The number of carbonyl (C=O) groups is 2. The molecule has 9 heteroatoms. The number of nitrogens with one attached hydrogen (secondary N) is 1. The van der Waals surface area contributed by atoms with Crippen molar-refractivity contribution in [3.63, 3.8) is 0 Å². The third-order valence-electron chi connectivity index (χ3n) is 2.34. The molecule has 1 unspecified atom stereocenters. The van der Waals surface area contributed by atoms with Gasteiger partial charge in [0, 0.05) is 0 Å². The largest absolute Gasteiger partial charge is 0.467 e. The number of methoxy groups -OCH3 is 1. The lowest BCUT2D eigenvalue weighted by molar-refractivity contribution is -0.142. The molecule has 0 aliphatic carbocycles. The topological polar surface area (TPSA) is 55.4 Å². The van der Waals surface area contributed by atoms with Gasteiger partial charge in [0.2, 0.25) is 5.82 Å². The Balaban J connectivity index is 3.21. The molecular formula is C11H8F5NO3. The molecule has 0 saturated heterocycles. The SMILES string of the molecule is COC(=O)C(C)NC(=O)c1c(F)c(F)c(F)c(F)c1F. The van der Waals surface area contributed by atoms with Crippen LogP contribution in [0.4, 0.5) is 22.0 Å². The molecule has 0 fully saturated rings. The number of benzene rings is 1. The summed E-state index contributed by atoms with van der Waals surface area (Å²) in [4.78, 5) is 22.5. The van der Waals surface area contributed by atoms with Crippen LogP contribution >= 0.6 is 0 Å². The molecule has 1 rings (SSSR count). The Morgan fingerprint density at radius 3 is 1.75 bits per heavy atom. The van der Waals surface area contributed by atoms with Gasteiger partial charge in [-0.25, -0.2) is 26.7 Å². The fourth-order valence-corrected chi connectivity index (χ4v) is 1.31. The second kappa shape index (κ2) is 5.85. The molecule has 1 N–H and O–H groups in total. The van der Waals surface area contributed by atoms with Gasteiger partial charge in [0.1, 0.15) is 11.6 Å². The predicted molar refractivity (Wildman–Crippen MR) is 55.2 cm³/mol. The highest BCUT2D eigenvalue weighted by Crippen LogP contribution is 2.22. The summed E-state index contributed by atoms with van der Waals surface area (Å²) in [6.07, 6.45) is 0. The van der Waals surface area contributed by atoms with E-state index in [9.17, 15) is 31.5 Å². The summed E-state index contributed by atoms with van der Waals surface area (Å²) in [5, 5.41) is 1.75. The Labute approximate surface area is 109 Å². The Kier molecular flexibility index (Phi) is 4.64. The van der Waals surface area contributed by atoms with Crippen LogP contribution in [0.15, 0.2) is 0 Å². The smallest absolute Gasteiger partial charge is 0.328 e. The van der Waals surface area contributed by atoms with Gasteiger partial charge in [-0.15, -0.1) is 0 Å². The third-order valence-corrected chi connectivity index (χ3v) is 2.34. The number of amides is 1. The minimum absolute atomic E-state index is 0.956. The number of rotatable bonds is 3. The van der Waals surface area contributed by atoms with Crippen molar-refractivity contribution in [3.8, 4) is 0 Å². The highest BCUT2D eigenvalue weighted by molar-refractivity contribution is 5.97. The molecule has 0 bridgehead atoms. The number of esters is 1. The quantitative estimate of drug-likeness (QED) is 0.400. The zero-order chi connectivity index (χ0) is 15.6. The molecule has 0 aliphatic rings. The van der Waals surface area contributed by atoms with Gasteiger partial charge in [-0.1, -0.05) is 0 Å². The van der Waals surface area contributed by atoms with Gasteiger partial charge in [0.15, 0.2) is 23.3 Å². The van der Waals surface area contributed by atoms with Crippen LogP contribution in [0.2, 0.25) is 0 Å². The van der Waals surface area contributed by atoms with Crippen molar-refractivity contribution in [2.45, 2.75) is 13.0 Å². The van der Waals surface area contributed by atoms with Gasteiger partial charge < -0.3 is 10.1 Å². The summed E-state index contributed by atoms with van der Waals surface area (Å²) in [5.41, 5.74) is -1.67. The standard InChI is InChI=1S/C11H8F5NO3/c1-3(11(19)20-2)17-10(18)4-5(12)7(14)9(16)8(15)6(4)13/h3H,1-2H3,(H,17,18). The molecule has 0 heterocycles. The van der Waals surface area contributed by atoms with Crippen LogP contribution in [0.1, 0.15) is 17.3 Å². The number of ether oxygens (including phenoxy) is 1. The van der Waals surface area contributed by atoms with Gasteiger partial charge >= 0.3 is 5.97 Å². The normalized spacial score (nSPS) is 11.9. The lowest BCUT2D eigenvalue weighted by atomic mass is 10.1. The van der Waals surface area contributed by atoms with Crippen molar-refractivity contribution >= 4 is 11.9 Å². The van der Waals surface area contributed by atoms with Crippen molar-refractivity contribution in [1.82, 2.24) is 5.32 Å². The molecule has 0 saturated carbocycles. The van der Waals surface area contributed by atoms with E-state index in [2.05, 4.69) is 4.74 Å². The molecule has 4 nitrogen and oxygen atoms in total. The third kappa shape index (κ3) is 2.70. The molecule has 1 aromatic carbocycles. The minimum atomic E-state index is -2.38. The van der Waals surface area contributed by atoms with E-state index in [-0.39, 0.29) is 0 Å². The lowest BCUT2D eigenvalue weighted by Crippen LogP contribution is -2.40. The van der Waals surface area contributed by atoms with Crippen molar-refractivity contribution < 1.29 is 36.3 Å². The fraction of sp³-hybridized carbons (Fsp3) is 0.273. The van der Waals surface area contributed by atoms with Crippen molar-refractivity contribution in [2.75, 3.05) is 7.11 Å². The summed E-state index contributed by atoms with van der Waals surface area (Å²) >= 11 is 0. The van der Waals surface area contributed by atoms with E-state index in [1.807, 2.05) is 0 Å². The number of carbonyl (C=O) groups excluding carboxylic acids is 2. The van der Waals surface area contributed by atoms with Crippen molar-refractivity contribution in [1.29, 1.82) is 0 Å². The average Bonchev–Trinajstić information content (AvgIpc) is 2.42. The number of halogens is 5. The average molecular weight is 297 g/mol. The molecule has 1 atom stereocenters. The molecular weight excluding hydrogens is 289 g/mol. The first-order valence-electron chi connectivity index (χ1n) is 5.12. The lowest BCUT2D eigenvalue weighted by Gasteiger charge is -2.13. The monoisotopic (exact) mass is 297 g/mol. The first kappa shape index (κ1) is 15.9. The fourth-order valence-electron chi connectivity index (χ4n) is 1.31. The first-order valence-corrected chi connectivity index (χ1v) is 5.12. The molecule has 0 radical (unpaired) electrons. The predicted octanol–water partition coefficient (Wildman–Crippen LogP) is 1.67. The highest BCUT2D eigenvalue weighted by Gasteiger charge is 2.31. The van der Waals surface area contributed by atoms with E-state index in [1.165, 1.54) is 0 Å². The summed E-state index contributed by atoms with van der Waals surface area (Å²) in [7, 11) is 0.989. The van der Waals surface area contributed by atoms with Gasteiger partial charge in [-0.3, -0.25) is 4.79 Å². The van der Waals surface area contributed by atoms with E-state index >= 15 is 0 Å². The van der Waals surface area contributed by atoms with Crippen LogP contribution in [0.25, 0.3) is 0 Å². The van der Waals surface area contributed by atoms with E-state index in [1.54, 1.807) is 5.32 Å². The van der Waals surface area contributed by atoms with Gasteiger partial charge in [0.25, 0.3) is 5.91 Å². The maximum atomic E-state index is 13.3. The Bertz CT molecular complexity index is 547. The van der Waals surface area contributed by atoms with Crippen molar-refractivity contribution in [2.24, 2.45) is 0 Å². The first-order chi connectivity index (χ1) is 9.22. The van der Waals surface area contributed by atoms with E-state index in [0.717, 1.165) is 14.0 Å². The Hall–Kier alpha value is -2.19. The summed E-state index contributed by atoms with van der Waals surface area (Å²) < 4.78 is 69.4. The highest BCUT2D eigenvalue weighted by atomic mass is 19.2. The Morgan fingerprint density at radius 2 is 1.35 bits per heavy atom. The second-order valence-corrected chi connectivity index (χ2v) is 3.66. The van der Waals surface area contributed by atoms with Crippen LogP contribution in [-0.2, 0) is 9.53 Å². The molecule has 0 aliphatic heterocycles. The zero-order valence-electron chi connectivity index (χ0n) is 10.2. The maximum Gasteiger partial charge on any atom is 0.328 e. The summed E-state index contributed by atoms with van der Waals surface area (Å²) in [6.45, 7) is 1.11. The molecule has 110 valence electrons. The van der Waals surface area contributed by atoms with Crippen LogP contribution < -0.4 is 5.32 Å². The molecule has 0 spiro atoms. The second-order valence-electron chi connectivity index (χ2n) is 3.66. The van der Waals surface area contributed by atoms with Crippen LogP contribution in [0, 0.1) is 29.1 Å².